The average Bonchev–Trinajstić information content (AvgIpc) is 2.99. The normalized spacial score (nSPS) is 11.2. The summed E-state index contributed by atoms with van der Waals surface area (Å²) in [6.45, 7) is 0. The van der Waals surface area contributed by atoms with Crippen LogP contribution in [-0.4, -0.2) is 33.6 Å². The first kappa shape index (κ1) is 19.2. The van der Waals surface area contributed by atoms with Crippen LogP contribution in [0.4, 0.5) is 11.4 Å². The zero-order valence-electron chi connectivity index (χ0n) is 14.1. The highest BCUT2D eigenvalue weighted by Gasteiger charge is 2.16. The van der Waals surface area contributed by atoms with Gasteiger partial charge in [-0.3, -0.25) is 9.44 Å². The SMILES string of the molecule is COC(=O)c1ccc(NS(=O)(=O)Nc2ccc3nc(Cl)sc3c2)c(OC)c1. The van der Waals surface area contributed by atoms with Gasteiger partial charge in [-0.25, -0.2) is 9.78 Å². The Hall–Kier alpha value is -2.56. The van der Waals surface area contributed by atoms with Crippen LogP contribution in [0.5, 0.6) is 5.75 Å². The van der Waals surface area contributed by atoms with E-state index < -0.39 is 16.2 Å². The number of hydrogen-bond acceptors (Lipinski definition) is 7. The molecular formula is C16H14ClN3O5S2. The number of esters is 1. The van der Waals surface area contributed by atoms with Gasteiger partial charge < -0.3 is 9.47 Å². The Balaban J connectivity index is 1.83. The summed E-state index contributed by atoms with van der Waals surface area (Å²) in [5, 5.41) is 0. The number of ether oxygens (including phenoxy) is 2. The van der Waals surface area contributed by atoms with Crippen molar-refractivity contribution in [3.05, 3.63) is 46.4 Å². The van der Waals surface area contributed by atoms with Crippen molar-refractivity contribution < 1.29 is 22.7 Å². The van der Waals surface area contributed by atoms with Crippen molar-refractivity contribution in [2.24, 2.45) is 0 Å². The molecule has 0 fully saturated rings. The molecule has 0 radical (unpaired) electrons. The Morgan fingerprint density at radius 3 is 2.63 bits per heavy atom. The molecule has 0 aliphatic carbocycles. The number of carbonyl (C=O) groups excluding carboxylic acids is 1. The van der Waals surface area contributed by atoms with E-state index in [9.17, 15) is 13.2 Å². The third kappa shape index (κ3) is 4.41. The second kappa shape index (κ2) is 7.59. The summed E-state index contributed by atoms with van der Waals surface area (Å²) in [4.78, 5) is 15.7. The number of rotatable bonds is 6. The Bertz CT molecular complexity index is 1110. The summed E-state index contributed by atoms with van der Waals surface area (Å²) in [7, 11) is -1.35. The number of halogens is 1. The number of nitrogens with one attached hydrogen (secondary N) is 2. The number of hydrogen-bond donors (Lipinski definition) is 2. The average molecular weight is 428 g/mol. The molecule has 0 unspecified atom stereocenters. The highest BCUT2D eigenvalue weighted by molar-refractivity contribution is 7.94. The largest absolute Gasteiger partial charge is 0.495 e. The number of benzene rings is 2. The van der Waals surface area contributed by atoms with E-state index in [0.717, 1.165) is 4.70 Å². The van der Waals surface area contributed by atoms with E-state index in [4.69, 9.17) is 16.3 Å². The van der Waals surface area contributed by atoms with Crippen molar-refractivity contribution in [1.82, 2.24) is 4.98 Å². The van der Waals surface area contributed by atoms with Crippen LogP contribution in [0, 0.1) is 0 Å². The Morgan fingerprint density at radius 1 is 1.15 bits per heavy atom. The molecule has 0 bridgehead atoms. The van der Waals surface area contributed by atoms with Crippen LogP contribution in [-0.2, 0) is 14.9 Å². The molecule has 0 saturated heterocycles. The predicted octanol–water partition coefficient (Wildman–Crippen LogP) is 3.51. The number of anilines is 2. The van der Waals surface area contributed by atoms with Gasteiger partial charge in [0, 0.05) is 0 Å². The topological polar surface area (TPSA) is 107 Å². The molecule has 1 aromatic heterocycles. The highest BCUT2D eigenvalue weighted by Crippen LogP contribution is 2.30. The predicted molar refractivity (Wildman–Crippen MR) is 105 cm³/mol. The third-order valence-electron chi connectivity index (χ3n) is 3.48. The molecule has 0 aliphatic rings. The van der Waals surface area contributed by atoms with Gasteiger partial charge in [-0.1, -0.05) is 11.6 Å². The maximum Gasteiger partial charge on any atom is 0.337 e. The van der Waals surface area contributed by atoms with Gasteiger partial charge in [0.05, 0.1) is 41.4 Å². The van der Waals surface area contributed by atoms with E-state index in [-0.39, 0.29) is 17.0 Å². The van der Waals surface area contributed by atoms with Gasteiger partial charge >= 0.3 is 16.2 Å². The first-order valence-electron chi connectivity index (χ1n) is 7.44. The molecule has 2 aromatic carbocycles. The first-order chi connectivity index (χ1) is 12.8. The lowest BCUT2D eigenvalue weighted by molar-refractivity contribution is 0.0600. The van der Waals surface area contributed by atoms with Gasteiger partial charge in [-0.15, -0.1) is 11.3 Å². The summed E-state index contributed by atoms with van der Waals surface area (Å²) in [6, 6.07) is 9.11. The fraction of sp³-hybridized carbons (Fsp3) is 0.125. The van der Waals surface area contributed by atoms with Crippen molar-refractivity contribution >= 4 is 60.7 Å². The number of nitrogens with zero attached hydrogens (tertiary/aromatic N) is 1. The number of thiazole rings is 1. The van der Waals surface area contributed by atoms with Gasteiger partial charge in [-0.05, 0) is 36.4 Å². The lowest BCUT2D eigenvalue weighted by Gasteiger charge is -2.14. The Kier molecular flexibility index (Phi) is 5.40. The molecule has 0 aliphatic heterocycles. The summed E-state index contributed by atoms with van der Waals surface area (Å²) >= 11 is 7.11. The van der Waals surface area contributed by atoms with E-state index in [2.05, 4.69) is 19.2 Å². The monoisotopic (exact) mass is 427 g/mol. The van der Waals surface area contributed by atoms with Crippen molar-refractivity contribution in [3.63, 3.8) is 0 Å². The summed E-state index contributed by atoms with van der Waals surface area (Å²) < 4.78 is 40.6. The number of methoxy groups -OCH3 is 2. The lowest BCUT2D eigenvalue weighted by atomic mass is 10.2. The van der Waals surface area contributed by atoms with Crippen molar-refractivity contribution in [1.29, 1.82) is 0 Å². The molecule has 1 heterocycles. The number of carbonyl (C=O) groups is 1. The highest BCUT2D eigenvalue weighted by atomic mass is 35.5. The van der Waals surface area contributed by atoms with Crippen LogP contribution >= 0.6 is 22.9 Å². The summed E-state index contributed by atoms with van der Waals surface area (Å²) in [5.41, 5.74) is 1.43. The van der Waals surface area contributed by atoms with Crippen LogP contribution in [0.2, 0.25) is 4.47 Å². The standard InChI is InChI=1S/C16H14ClN3O5S2/c1-24-13-7-9(15(21)25-2)3-5-11(13)20-27(22,23)19-10-4-6-12-14(8-10)26-16(17)18-12/h3-8,19-20H,1-2H3. The Labute approximate surface area is 164 Å². The molecule has 0 saturated carbocycles. The van der Waals surface area contributed by atoms with E-state index >= 15 is 0 Å². The number of fused-ring (bicyclic) bond motifs is 1. The first-order valence-corrected chi connectivity index (χ1v) is 10.1. The summed E-state index contributed by atoms with van der Waals surface area (Å²) in [5.74, 6) is -0.384. The Morgan fingerprint density at radius 2 is 1.93 bits per heavy atom. The maximum atomic E-state index is 12.4. The molecular weight excluding hydrogens is 414 g/mol. The minimum Gasteiger partial charge on any atom is -0.495 e. The quantitative estimate of drug-likeness (QED) is 0.583. The molecule has 8 nitrogen and oxygen atoms in total. The fourth-order valence-corrected chi connectivity index (χ4v) is 4.32. The summed E-state index contributed by atoms with van der Waals surface area (Å²) in [6.07, 6.45) is 0. The van der Waals surface area contributed by atoms with Gasteiger partial charge in [-0.2, -0.15) is 8.42 Å². The van der Waals surface area contributed by atoms with Crippen LogP contribution in [0.1, 0.15) is 10.4 Å². The van der Waals surface area contributed by atoms with Gasteiger partial charge in [0.2, 0.25) is 0 Å². The zero-order valence-corrected chi connectivity index (χ0v) is 16.5. The van der Waals surface area contributed by atoms with Crippen LogP contribution < -0.4 is 14.2 Å². The van der Waals surface area contributed by atoms with Crippen LogP contribution in [0.15, 0.2) is 36.4 Å². The zero-order chi connectivity index (χ0) is 19.6. The second-order valence-electron chi connectivity index (χ2n) is 5.26. The maximum absolute atomic E-state index is 12.4. The van der Waals surface area contributed by atoms with E-state index in [0.29, 0.717) is 15.7 Å². The van der Waals surface area contributed by atoms with Crippen molar-refractivity contribution in [2.45, 2.75) is 0 Å². The van der Waals surface area contributed by atoms with Gasteiger partial charge in [0.25, 0.3) is 0 Å². The molecule has 11 heteroatoms. The lowest BCUT2D eigenvalue weighted by Crippen LogP contribution is -2.22. The van der Waals surface area contributed by atoms with Crippen LogP contribution in [0.25, 0.3) is 10.2 Å². The smallest absolute Gasteiger partial charge is 0.337 e. The molecule has 142 valence electrons. The molecule has 0 spiro atoms. The van der Waals surface area contributed by atoms with E-state index in [1.807, 2.05) is 0 Å². The third-order valence-corrected chi connectivity index (χ3v) is 5.60. The van der Waals surface area contributed by atoms with Crippen LogP contribution in [0.3, 0.4) is 0 Å². The molecule has 3 aromatic rings. The van der Waals surface area contributed by atoms with E-state index in [1.165, 1.54) is 43.8 Å². The molecule has 0 atom stereocenters. The minimum absolute atomic E-state index is 0.166. The fourth-order valence-electron chi connectivity index (χ4n) is 2.31. The number of aromatic nitrogens is 1. The minimum atomic E-state index is -3.97. The molecule has 0 amide bonds. The van der Waals surface area contributed by atoms with Gasteiger partial charge in [0.15, 0.2) is 4.47 Å². The molecule has 3 rings (SSSR count). The van der Waals surface area contributed by atoms with E-state index in [1.54, 1.807) is 18.2 Å². The molecule has 2 N–H and O–H groups in total. The van der Waals surface area contributed by atoms with Gasteiger partial charge in [0.1, 0.15) is 5.75 Å². The molecule has 27 heavy (non-hydrogen) atoms. The van der Waals surface area contributed by atoms with Crippen molar-refractivity contribution in [3.8, 4) is 5.75 Å². The second-order valence-corrected chi connectivity index (χ2v) is 8.29. The van der Waals surface area contributed by atoms with Crippen molar-refractivity contribution in [2.75, 3.05) is 23.7 Å².